The third-order valence-electron chi connectivity index (χ3n) is 4.76. The summed E-state index contributed by atoms with van der Waals surface area (Å²) in [5.41, 5.74) is 1.48. The van der Waals surface area contributed by atoms with Gasteiger partial charge in [0.15, 0.2) is 0 Å². The van der Waals surface area contributed by atoms with Gasteiger partial charge in [-0.3, -0.25) is 4.79 Å². The fraction of sp³-hybridized carbons (Fsp3) is 0.381. The van der Waals surface area contributed by atoms with Crippen molar-refractivity contribution < 1.29 is 17.9 Å². The number of sulfonamides is 1. The van der Waals surface area contributed by atoms with Crippen LogP contribution in [0, 0.1) is 0 Å². The Labute approximate surface area is 176 Å². The number of carbonyl (C=O) groups excluding carboxylic acids is 1. The van der Waals surface area contributed by atoms with Gasteiger partial charge >= 0.3 is 0 Å². The first kappa shape index (κ1) is 21.7. The Morgan fingerprint density at radius 2 is 1.86 bits per heavy atom. The number of nitrogens with zero attached hydrogens (tertiary/aromatic N) is 1. The number of benzene rings is 2. The number of hydrogen-bond acceptors (Lipinski definition) is 5. The molecule has 156 valence electrons. The van der Waals surface area contributed by atoms with Crippen LogP contribution in [0.3, 0.4) is 0 Å². The Bertz CT molecular complexity index is 927. The van der Waals surface area contributed by atoms with Crippen molar-refractivity contribution in [2.45, 2.75) is 23.5 Å². The molecule has 0 saturated carbocycles. The summed E-state index contributed by atoms with van der Waals surface area (Å²) in [6.07, 6.45) is 1.73. The molecular formula is C21H26N2O4S2. The van der Waals surface area contributed by atoms with Gasteiger partial charge in [0, 0.05) is 31.1 Å². The topological polar surface area (TPSA) is 75.7 Å². The van der Waals surface area contributed by atoms with E-state index in [4.69, 9.17) is 4.74 Å². The second kappa shape index (κ2) is 10.1. The van der Waals surface area contributed by atoms with Crippen molar-refractivity contribution in [2.75, 3.05) is 32.5 Å². The maximum atomic E-state index is 12.8. The number of ether oxygens (including phenoxy) is 1. The van der Waals surface area contributed by atoms with Crippen molar-refractivity contribution in [3.05, 3.63) is 59.7 Å². The van der Waals surface area contributed by atoms with E-state index in [0.29, 0.717) is 25.4 Å². The van der Waals surface area contributed by atoms with Gasteiger partial charge in [0.05, 0.1) is 17.6 Å². The number of carbonyl (C=O) groups is 1. The Morgan fingerprint density at radius 3 is 2.55 bits per heavy atom. The highest BCUT2D eigenvalue weighted by Gasteiger charge is 2.28. The maximum Gasteiger partial charge on any atom is 0.255 e. The Hall–Kier alpha value is -2.03. The molecule has 1 aliphatic heterocycles. The molecule has 1 heterocycles. The zero-order valence-corrected chi connectivity index (χ0v) is 18.1. The lowest BCUT2D eigenvalue weighted by Gasteiger charge is -2.17. The van der Waals surface area contributed by atoms with Crippen molar-refractivity contribution in [3.8, 4) is 5.75 Å². The van der Waals surface area contributed by atoms with E-state index < -0.39 is 10.0 Å². The van der Waals surface area contributed by atoms with Gasteiger partial charge in [-0.25, -0.2) is 8.42 Å². The molecule has 1 saturated heterocycles. The SMILES string of the molecule is COc1ccc(S(=O)(=O)N2CCCC2)cc1C(=O)NCCSCc1ccccc1. The molecule has 2 aromatic rings. The molecule has 0 unspecified atom stereocenters. The van der Waals surface area contributed by atoms with Crippen LogP contribution in [0.5, 0.6) is 5.75 Å². The van der Waals surface area contributed by atoms with Crippen LogP contribution in [0.2, 0.25) is 0 Å². The first-order valence-corrected chi connectivity index (χ1v) is 12.2. The van der Waals surface area contributed by atoms with Crippen LogP contribution in [0.15, 0.2) is 53.4 Å². The van der Waals surface area contributed by atoms with Crippen LogP contribution in [0.25, 0.3) is 0 Å². The Balaban J connectivity index is 1.61. The van der Waals surface area contributed by atoms with Gasteiger partial charge < -0.3 is 10.1 Å². The quantitative estimate of drug-likeness (QED) is 0.614. The summed E-state index contributed by atoms with van der Waals surface area (Å²) < 4.78 is 32.3. The molecule has 0 spiro atoms. The fourth-order valence-electron chi connectivity index (χ4n) is 3.20. The summed E-state index contributed by atoms with van der Waals surface area (Å²) in [5, 5.41) is 2.86. The molecule has 6 nitrogen and oxygen atoms in total. The van der Waals surface area contributed by atoms with Crippen molar-refractivity contribution >= 4 is 27.7 Å². The van der Waals surface area contributed by atoms with Crippen molar-refractivity contribution in [2.24, 2.45) is 0 Å². The largest absolute Gasteiger partial charge is 0.496 e. The van der Waals surface area contributed by atoms with E-state index in [1.807, 2.05) is 18.2 Å². The highest BCUT2D eigenvalue weighted by Crippen LogP contribution is 2.26. The van der Waals surface area contributed by atoms with Gasteiger partial charge in [-0.2, -0.15) is 16.1 Å². The van der Waals surface area contributed by atoms with Gasteiger partial charge in [0.25, 0.3) is 5.91 Å². The molecular weight excluding hydrogens is 408 g/mol. The van der Waals surface area contributed by atoms with Crippen LogP contribution in [-0.4, -0.2) is 51.1 Å². The molecule has 29 heavy (non-hydrogen) atoms. The standard InChI is InChI=1S/C21H26N2O4S2/c1-27-20-10-9-18(29(25,26)23-12-5-6-13-23)15-19(20)21(24)22-11-14-28-16-17-7-3-2-4-8-17/h2-4,7-10,15H,5-6,11-14,16H2,1H3,(H,22,24). The van der Waals surface area contributed by atoms with E-state index in [1.54, 1.807) is 17.8 Å². The maximum absolute atomic E-state index is 12.8. The molecule has 1 N–H and O–H groups in total. The van der Waals surface area contributed by atoms with Crippen molar-refractivity contribution in [3.63, 3.8) is 0 Å². The van der Waals surface area contributed by atoms with E-state index in [-0.39, 0.29) is 16.4 Å². The molecule has 8 heteroatoms. The first-order chi connectivity index (χ1) is 14.0. The second-order valence-corrected chi connectivity index (χ2v) is 9.81. The normalized spacial score (nSPS) is 14.7. The molecule has 0 aromatic heterocycles. The number of hydrogen-bond donors (Lipinski definition) is 1. The van der Waals surface area contributed by atoms with Crippen molar-refractivity contribution in [1.82, 2.24) is 9.62 Å². The van der Waals surface area contributed by atoms with Gasteiger partial charge in [-0.05, 0) is 36.6 Å². The summed E-state index contributed by atoms with van der Waals surface area (Å²) in [4.78, 5) is 12.8. The molecule has 0 radical (unpaired) electrons. The van der Waals surface area contributed by atoms with Crippen LogP contribution in [-0.2, 0) is 15.8 Å². The number of rotatable bonds is 9. The summed E-state index contributed by atoms with van der Waals surface area (Å²) in [5.74, 6) is 1.67. The lowest BCUT2D eigenvalue weighted by atomic mass is 10.2. The molecule has 0 bridgehead atoms. The minimum atomic E-state index is -3.59. The highest BCUT2D eigenvalue weighted by atomic mass is 32.2. The monoisotopic (exact) mass is 434 g/mol. The third kappa shape index (κ3) is 5.52. The van der Waals surface area contributed by atoms with Gasteiger partial charge in [0.1, 0.15) is 5.75 Å². The third-order valence-corrected chi connectivity index (χ3v) is 7.69. The van der Waals surface area contributed by atoms with E-state index in [2.05, 4.69) is 17.4 Å². The number of nitrogens with one attached hydrogen (secondary N) is 1. The highest BCUT2D eigenvalue weighted by molar-refractivity contribution is 7.98. The van der Waals surface area contributed by atoms with E-state index in [1.165, 1.54) is 29.1 Å². The van der Waals surface area contributed by atoms with E-state index >= 15 is 0 Å². The summed E-state index contributed by atoms with van der Waals surface area (Å²) in [6.45, 7) is 1.53. The number of amides is 1. The van der Waals surface area contributed by atoms with Crippen LogP contribution >= 0.6 is 11.8 Å². The summed E-state index contributed by atoms with van der Waals surface area (Å²) in [7, 11) is -2.12. The molecule has 2 aromatic carbocycles. The molecule has 1 fully saturated rings. The molecule has 1 amide bonds. The number of methoxy groups -OCH3 is 1. The van der Waals surface area contributed by atoms with Crippen LogP contribution < -0.4 is 10.1 Å². The van der Waals surface area contributed by atoms with Crippen LogP contribution in [0.1, 0.15) is 28.8 Å². The van der Waals surface area contributed by atoms with E-state index in [0.717, 1.165) is 24.3 Å². The van der Waals surface area contributed by atoms with Gasteiger partial charge in [-0.1, -0.05) is 30.3 Å². The van der Waals surface area contributed by atoms with Gasteiger partial charge in [0.2, 0.25) is 10.0 Å². The molecule has 0 aliphatic carbocycles. The predicted molar refractivity (Wildman–Crippen MR) is 116 cm³/mol. The van der Waals surface area contributed by atoms with E-state index in [9.17, 15) is 13.2 Å². The lowest BCUT2D eigenvalue weighted by Crippen LogP contribution is -2.29. The second-order valence-electron chi connectivity index (χ2n) is 6.77. The summed E-state index contributed by atoms with van der Waals surface area (Å²) >= 11 is 1.73. The van der Waals surface area contributed by atoms with Gasteiger partial charge in [-0.15, -0.1) is 0 Å². The fourth-order valence-corrected chi connectivity index (χ4v) is 5.56. The summed E-state index contributed by atoms with van der Waals surface area (Å²) in [6, 6.07) is 14.6. The Kier molecular flexibility index (Phi) is 7.57. The minimum Gasteiger partial charge on any atom is -0.496 e. The number of thioether (sulfide) groups is 1. The Morgan fingerprint density at radius 1 is 1.14 bits per heavy atom. The average Bonchev–Trinajstić information content (AvgIpc) is 3.29. The van der Waals surface area contributed by atoms with Crippen LogP contribution in [0.4, 0.5) is 0 Å². The molecule has 0 atom stereocenters. The average molecular weight is 435 g/mol. The van der Waals surface area contributed by atoms with Crippen molar-refractivity contribution in [1.29, 1.82) is 0 Å². The molecule has 1 aliphatic rings. The molecule has 3 rings (SSSR count). The minimum absolute atomic E-state index is 0.129. The predicted octanol–water partition coefficient (Wildman–Crippen LogP) is 3.14. The smallest absolute Gasteiger partial charge is 0.255 e. The zero-order valence-electron chi connectivity index (χ0n) is 16.5. The zero-order chi connectivity index (χ0) is 20.7. The lowest BCUT2D eigenvalue weighted by molar-refractivity contribution is 0.0953. The first-order valence-electron chi connectivity index (χ1n) is 9.60.